The van der Waals surface area contributed by atoms with Crippen molar-refractivity contribution in [1.29, 1.82) is 0 Å². The molecule has 0 bridgehead atoms. The average molecular weight is 681 g/mol. The minimum Gasteiger partial charge on any atom is -0.355 e. The van der Waals surface area contributed by atoms with Gasteiger partial charge in [-0.15, -0.1) is 0 Å². The summed E-state index contributed by atoms with van der Waals surface area (Å²) in [7, 11) is 0. The third-order valence-electron chi connectivity index (χ3n) is 8.81. The molecule has 50 heavy (non-hydrogen) atoms. The zero-order valence-corrected chi connectivity index (χ0v) is 27.9. The van der Waals surface area contributed by atoms with E-state index in [1.165, 1.54) is 33.2 Å². The highest BCUT2D eigenvalue weighted by atomic mass is 19.1. The molecule has 13 nitrogen and oxygen atoms in total. The first-order valence-electron chi connectivity index (χ1n) is 16.6. The summed E-state index contributed by atoms with van der Waals surface area (Å²) in [5, 5.41) is 2.68. The smallest absolute Gasteiger partial charge is 0.332 e. The predicted octanol–water partition coefficient (Wildman–Crippen LogP) is 2.90. The second-order valence-electron chi connectivity index (χ2n) is 12.2. The summed E-state index contributed by atoms with van der Waals surface area (Å²) < 4.78 is 16.2. The molecular weight excluding hydrogens is 643 g/mol. The topological polar surface area (TPSA) is 152 Å². The number of benzene rings is 1. The number of halogens is 1. The summed E-state index contributed by atoms with van der Waals surface area (Å²) >= 11 is 0. The van der Waals surface area contributed by atoms with E-state index in [9.17, 15) is 28.4 Å². The van der Waals surface area contributed by atoms with Crippen molar-refractivity contribution in [3.8, 4) is 0 Å². The van der Waals surface area contributed by atoms with Gasteiger partial charge in [-0.25, -0.2) is 19.8 Å². The molecule has 0 saturated heterocycles. The van der Waals surface area contributed by atoms with Crippen molar-refractivity contribution in [3.63, 3.8) is 0 Å². The van der Waals surface area contributed by atoms with E-state index in [0.717, 1.165) is 18.1 Å². The van der Waals surface area contributed by atoms with Gasteiger partial charge in [-0.3, -0.25) is 33.2 Å². The van der Waals surface area contributed by atoms with Gasteiger partial charge in [-0.2, -0.15) is 4.39 Å². The van der Waals surface area contributed by atoms with Crippen molar-refractivity contribution < 1.29 is 18.8 Å². The molecule has 0 radical (unpaired) electrons. The molecule has 6 rings (SSSR count). The fraction of sp³-hybridized carbons (Fsp3) is 0.333. The average Bonchev–Trinajstić information content (AvgIpc) is 3.57. The SMILES string of the molecule is CCCn1c(=O)c2c(n(CCNC(C)=O)c1=O)N=C(c1ccc(N(CCCN3CCc4ccccc4C3=O)C(=O)c3ccc(F)nc3)nc1)C2. The maximum Gasteiger partial charge on any atom is 0.332 e. The summed E-state index contributed by atoms with van der Waals surface area (Å²) in [5.41, 5.74) is 2.52. The number of fused-ring (bicyclic) bond motifs is 2. The van der Waals surface area contributed by atoms with Gasteiger partial charge < -0.3 is 10.2 Å². The molecule has 0 atom stereocenters. The van der Waals surface area contributed by atoms with E-state index >= 15 is 0 Å². The van der Waals surface area contributed by atoms with Crippen molar-refractivity contribution in [3.05, 3.63) is 116 Å². The molecule has 14 heteroatoms. The van der Waals surface area contributed by atoms with E-state index in [-0.39, 0.29) is 55.8 Å². The van der Waals surface area contributed by atoms with Crippen molar-refractivity contribution in [1.82, 2.24) is 29.3 Å². The number of carbonyl (C=O) groups is 3. The molecule has 0 fully saturated rings. The Kier molecular flexibility index (Phi) is 10.1. The maximum atomic E-state index is 13.7. The van der Waals surface area contributed by atoms with Gasteiger partial charge in [-0.1, -0.05) is 25.1 Å². The molecule has 0 aliphatic carbocycles. The van der Waals surface area contributed by atoms with Crippen molar-refractivity contribution >= 4 is 35.1 Å². The molecule has 2 aliphatic rings. The maximum absolute atomic E-state index is 13.7. The number of hydrogen-bond acceptors (Lipinski definition) is 8. The number of aromatic nitrogens is 4. The largest absolute Gasteiger partial charge is 0.355 e. The van der Waals surface area contributed by atoms with E-state index in [2.05, 4.69) is 20.3 Å². The standard InChI is InChI=1S/C36H37FN8O5/c1-3-15-45-35(49)28-20-29(41-32(28)44(36(45)50)19-14-38-23(2)46)25-10-12-31(40-21-25)43(33(47)26-9-11-30(37)39-22-26)17-6-16-42-18-13-24-7-4-5-8-27(24)34(42)48/h4-5,7-12,21-22H,3,6,13-20H2,1-2H3,(H,38,46). The highest BCUT2D eigenvalue weighted by Crippen LogP contribution is 2.26. The van der Waals surface area contributed by atoms with E-state index in [0.29, 0.717) is 54.2 Å². The fourth-order valence-corrected chi connectivity index (χ4v) is 6.30. The van der Waals surface area contributed by atoms with Crippen LogP contribution in [0.2, 0.25) is 0 Å². The second-order valence-corrected chi connectivity index (χ2v) is 12.2. The number of nitrogens with zero attached hydrogens (tertiary/aromatic N) is 7. The summed E-state index contributed by atoms with van der Waals surface area (Å²) in [6.45, 7) is 5.07. The molecule has 0 unspecified atom stereocenters. The van der Waals surface area contributed by atoms with E-state index in [4.69, 9.17) is 0 Å². The monoisotopic (exact) mass is 680 g/mol. The number of hydrogen-bond donors (Lipinski definition) is 1. The Labute approximate surface area is 287 Å². The molecule has 4 aromatic rings. The normalized spacial score (nSPS) is 13.5. The Morgan fingerprint density at radius 1 is 0.960 bits per heavy atom. The Morgan fingerprint density at radius 2 is 1.78 bits per heavy atom. The Balaban J connectivity index is 1.24. The van der Waals surface area contributed by atoms with Crippen LogP contribution in [0.1, 0.15) is 64.1 Å². The van der Waals surface area contributed by atoms with Crippen LogP contribution in [-0.2, 0) is 30.7 Å². The van der Waals surface area contributed by atoms with Gasteiger partial charge in [0.25, 0.3) is 17.4 Å². The molecule has 258 valence electrons. The van der Waals surface area contributed by atoms with E-state index in [1.807, 2.05) is 31.2 Å². The first kappa shape index (κ1) is 34.1. The van der Waals surface area contributed by atoms with Gasteiger partial charge >= 0.3 is 5.69 Å². The second kappa shape index (κ2) is 14.8. The number of aliphatic imine (C=N–C) groups is 1. The van der Waals surface area contributed by atoms with Gasteiger partial charge in [-0.05, 0) is 55.2 Å². The molecule has 0 saturated carbocycles. The van der Waals surface area contributed by atoms with Crippen LogP contribution in [-0.4, -0.2) is 73.6 Å². The number of amides is 3. The van der Waals surface area contributed by atoms with Crippen LogP contribution in [0.15, 0.2) is 75.5 Å². The van der Waals surface area contributed by atoms with Crippen LogP contribution >= 0.6 is 0 Å². The van der Waals surface area contributed by atoms with Gasteiger partial charge in [0, 0.05) is 76.1 Å². The molecule has 2 aliphatic heterocycles. The molecule has 1 aromatic carbocycles. The van der Waals surface area contributed by atoms with Crippen molar-refractivity contribution in [2.24, 2.45) is 4.99 Å². The highest BCUT2D eigenvalue weighted by Gasteiger charge is 2.28. The quantitative estimate of drug-likeness (QED) is 0.226. The summed E-state index contributed by atoms with van der Waals surface area (Å²) in [6.07, 6.45) is 4.70. The number of nitrogens with one attached hydrogen (secondary N) is 1. The first-order chi connectivity index (χ1) is 24.2. The van der Waals surface area contributed by atoms with Crippen LogP contribution in [0, 0.1) is 5.95 Å². The van der Waals surface area contributed by atoms with E-state index in [1.54, 1.807) is 23.2 Å². The minimum absolute atomic E-state index is 0.0461. The molecule has 0 spiro atoms. The van der Waals surface area contributed by atoms with Gasteiger partial charge in [0.05, 0.1) is 16.8 Å². The lowest BCUT2D eigenvalue weighted by Crippen LogP contribution is -2.42. The third-order valence-corrected chi connectivity index (χ3v) is 8.81. The third kappa shape index (κ3) is 7.00. The Morgan fingerprint density at radius 3 is 2.50 bits per heavy atom. The molecule has 5 heterocycles. The van der Waals surface area contributed by atoms with Crippen LogP contribution in [0.25, 0.3) is 0 Å². The number of anilines is 1. The van der Waals surface area contributed by atoms with Crippen molar-refractivity contribution in [2.45, 2.75) is 52.6 Å². The number of pyridine rings is 2. The number of carbonyl (C=O) groups excluding carboxylic acids is 3. The van der Waals surface area contributed by atoms with Gasteiger partial charge in [0.15, 0.2) is 0 Å². The minimum atomic E-state index is -0.709. The fourth-order valence-electron chi connectivity index (χ4n) is 6.30. The molecule has 3 amide bonds. The van der Waals surface area contributed by atoms with Gasteiger partial charge in [0.1, 0.15) is 11.6 Å². The van der Waals surface area contributed by atoms with Crippen LogP contribution < -0.4 is 21.5 Å². The van der Waals surface area contributed by atoms with Crippen molar-refractivity contribution in [2.75, 3.05) is 31.1 Å². The van der Waals surface area contributed by atoms with E-state index < -0.39 is 23.1 Å². The van der Waals surface area contributed by atoms with Crippen LogP contribution in [0.4, 0.5) is 16.0 Å². The first-order valence-corrected chi connectivity index (χ1v) is 16.6. The summed E-state index contributed by atoms with van der Waals surface area (Å²) in [5.74, 6) is -0.839. The molecular formula is C36H37FN8O5. The summed E-state index contributed by atoms with van der Waals surface area (Å²) in [6, 6.07) is 13.4. The lowest BCUT2D eigenvalue weighted by molar-refractivity contribution is -0.119. The Hall–Kier alpha value is -5.79. The number of rotatable bonds is 12. The lowest BCUT2D eigenvalue weighted by Gasteiger charge is -2.29. The van der Waals surface area contributed by atoms with Gasteiger partial charge in [0.2, 0.25) is 11.9 Å². The molecule has 3 aromatic heterocycles. The Bertz CT molecular complexity index is 2090. The highest BCUT2D eigenvalue weighted by molar-refractivity contribution is 6.07. The predicted molar refractivity (Wildman–Crippen MR) is 185 cm³/mol. The lowest BCUT2D eigenvalue weighted by atomic mass is 9.99. The van der Waals surface area contributed by atoms with Crippen LogP contribution in [0.3, 0.4) is 0 Å². The van der Waals surface area contributed by atoms with Crippen LogP contribution in [0.5, 0.6) is 0 Å². The zero-order chi connectivity index (χ0) is 35.4. The summed E-state index contributed by atoms with van der Waals surface area (Å²) in [4.78, 5) is 81.1. The zero-order valence-electron chi connectivity index (χ0n) is 27.9. The molecule has 1 N–H and O–H groups in total.